The Balaban J connectivity index is 0.000000823. The lowest BCUT2D eigenvalue weighted by Crippen LogP contribution is -2.27. The lowest BCUT2D eigenvalue weighted by molar-refractivity contribution is -0.159. The van der Waals surface area contributed by atoms with Crippen molar-refractivity contribution in [3.8, 4) is 5.75 Å². The van der Waals surface area contributed by atoms with E-state index in [2.05, 4.69) is 52.1 Å². The molecule has 0 saturated carbocycles. The number of aryl methyl sites for hydroxylation is 3. The molecular formula is C18H29NO6. The molecule has 0 fully saturated rings. The van der Waals surface area contributed by atoms with Crippen LogP contribution in [0.1, 0.15) is 30.5 Å². The lowest BCUT2D eigenvalue weighted by Gasteiger charge is -2.13. The van der Waals surface area contributed by atoms with Crippen molar-refractivity contribution in [2.75, 3.05) is 26.4 Å². The van der Waals surface area contributed by atoms with Crippen molar-refractivity contribution in [1.82, 2.24) is 5.32 Å². The van der Waals surface area contributed by atoms with Gasteiger partial charge in [-0.2, -0.15) is 0 Å². The van der Waals surface area contributed by atoms with E-state index in [9.17, 15) is 0 Å². The van der Waals surface area contributed by atoms with Crippen LogP contribution in [-0.2, 0) is 14.3 Å². The highest BCUT2D eigenvalue weighted by Crippen LogP contribution is 2.24. The molecule has 0 unspecified atom stereocenters. The third-order valence-corrected chi connectivity index (χ3v) is 3.06. The van der Waals surface area contributed by atoms with Crippen molar-refractivity contribution in [2.24, 2.45) is 0 Å². The Labute approximate surface area is 149 Å². The minimum atomic E-state index is -1.82. The number of nitrogens with one attached hydrogen (secondary N) is 1. The summed E-state index contributed by atoms with van der Waals surface area (Å²) < 4.78 is 11.3. The van der Waals surface area contributed by atoms with Gasteiger partial charge in [-0.05, 0) is 31.9 Å². The van der Waals surface area contributed by atoms with Crippen LogP contribution in [0.2, 0.25) is 0 Å². The van der Waals surface area contributed by atoms with Crippen molar-refractivity contribution in [2.45, 2.75) is 40.7 Å². The molecule has 3 N–H and O–H groups in total. The normalized spacial score (nSPS) is 10.2. The zero-order valence-corrected chi connectivity index (χ0v) is 15.6. The molecule has 7 nitrogen and oxygen atoms in total. The molecule has 0 aromatic heterocycles. The maximum Gasteiger partial charge on any atom is 0.414 e. The number of aliphatic carboxylic acids is 2. The first-order chi connectivity index (χ1) is 11.6. The fraction of sp³-hybridized carbons (Fsp3) is 0.556. The standard InChI is InChI=1S/C16H27NO2.C2H2O4/c1-12(2)17-6-7-18-8-9-19-16-14(4)10-13(3)11-15(16)5;3-1(4)2(5)6/h10-12,17H,6-9H2,1-5H3;(H,3,4)(H,5,6). The van der Waals surface area contributed by atoms with Crippen LogP contribution in [0.15, 0.2) is 12.1 Å². The van der Waals surface area contributed by atoms with Crippen LogP contribution in [-0.4, -0.2) is 54.6 Å². The number of hydrogen-bond acceptors (Lipinski definition) is 5. The Morgan fingerprint density at radius 1 is 1.00 bits per heavy atom. The van der Waals surface area contributed by atoms with Gasteiger partial charge >= 0.3 is 11.9 Å². The van der Waals surface area contributed by atoms with E-state index in [-0.39, 0.29) is 0 Å². The van der Waals surface area contributed by atoms with E-state index < -0.39 is 11.9 Å². The van der Waals surface area contributed by atoms with Gasteiger partial charge in [0.05, 0.1) is 13.2 Å². The molecular weight excluding hydrogens is 326 g/mol. The van der Waals surface area contributed by atoms with Crippen LogP contribution in [0.25, 0.3) is 0 Å². The van der Waals surface area contributed by atoms with Crippen molar-refractivity contribution in [3.05, 3.63) is 28.8 Å². The van der Waals surface area contributed by atoms with E-state index >= 15 is 0 Å². The second-order valence-electron chi connectivity index (χ2n) is 5.91. The molecule has 0 spiro atoms. The molecule has 0 aliphatic carbocycles. The molecule has 0 saturated heterocycles. The van der Waals surface area contributed by atoms with Gasteiger partial charge in [0, 0.05) is 12.6 Å². The van der Waals surface area contributed by atoms with Gasteiger partial charge in [0.2, 0.25) is 0 Å². The van der Waals surface area contributed by atoms with E-state index in [0.717, 1.165) is 18.9 Å². The molecule has 0 aliphatic heterocycles. The predicted molar refractivity (Wildman–Crippen MR) is 95.4 cm³/mol. The van der Waals surface area contributed by atoms with Gasteiger partial charge in [-0.3, -0.25) is 0 Å². The predicted octanol–water partition coefficient (Wildman–Crippen LogP) is 2.16. The van der Waals surface area contributed by atoms with Crippen LogP contribution in [0, 0.1) is 20.8 Å². The number of hydrogen-bond donors (Lipinski definition) is 3. The minimum absolute atomic E-state index is 0.512. The maximum absolute atomic E-state index is 9.10. The molecule has 0 atom stereocenters. The highest BCUT2D eigenvalue weighted by Gasteiger charge is 2.05. The molecule has 1 aromatic rings. The molecule has 0 heterocycles. The van der Waals surface area contributed by atoms with Crippen molar-refractivity contribution in [1.29, 1.82) is 0 Å². The summed E-state index contributed by atoms with van der Waals surface area (Å²) in [5.41, 5.74) is 3.66. The Kier molecular flexibility index (Phi) is 11.2. The molecule has 1 rings (SSSR count). The molecule has 25 heavy (non-hydrogen) atoms. The second-order valence-corrected chi connectivity index (χ2v) is 5.91. The van der Waals surface area contributed by atoms with Crippen molar-refractivity contribution >= 4 is 11.9 Å². The fourth-order valence-corrected chi connectivity index (χ4v) is 2.12. The SMILES string of the molecule is Cc1cc(C)c(OCCOCCNC(C)C)c(C)c1.O=C(O)C(=O)O. The number of carbonyl (C=O) groups is 2. The Bertz CT molecular complexity index is 521. The largest absolute Gasteiger partial charge is 0.491 e. The monoisotopic (exact) mass is 355 g/mol. The highest BCUT2D eigenvalue weighted by atomic mass is 16.5. The van der Waals surface area contributed by atoms with Gasteiger partial charge in [0.15, 0.2) is 0 Å². The maximum atomic E-state index is 9.10. The molecule has 7 heteroatoms. The first-order valence-electron chi connectivity index (χ1n) is 8.13. The summed E-state index contributed by atoms with van der Waals surface area (Å²) in [6.07, 6.45) is 0. The highest BCUT2D eigenvalue weighted by molar-refractivity contribution is 6.27. The van der Waals surface area contributed by atoms with Gasteiger partial charge in [-0.25, -0.2) is 9.59 Å². The average Bonchev–Trinajstić information content (AvgIpc) is 2.48. The smallest absolute Gasteiger partial charge is 0.414 e. The summed E-state index contributed by atoms with van der Waals surface area (Å²) in [6.45, 7) is 13.4. The van der Waals surface area contributed by atoms with Crippen molar-refractivity contribution in [3.63, 3.8) is 0 Å². The quantitative estimate of drug-likeness (QED) is 0.485. The van der Waals surface area contributed by atoms with Gasteiger partial charge in [-0.1, -0.05) is 31.5 Å². The van der Waals surface area contributed by atoms with Gasteiger partial charge < -0.3 is 25.0 Å². The third-order valence-electron chi connectivity index (χ3n) is 3.06. The van der Waals surface area contributed by atoms with Crippen LogP contribution in [0.4, 0.5) is 0 Å². The first-order valence-corrected chi connectivity index (χ1v) is 8.13. The number of benzene rings is 1. The number of rotatable bonds is 8. The summed E-state index contributed by atoms with van der Waals surface area (Å²) in [6, 6.07) is 4.81. The van der Waals surface area contributed by atoms with Gasteiger partial charge in [-0.15, -0.1) is 0 Å². The zero-order chi connectivity index (χ0) is 19.4. The fourth-order valence-electron chi connectivity index (χ4n) is 2.12. The van der Waals surface area contributed by atoms with E-state index in [1.165, 1.54) is 16.7 Å². The molecule has 0 aliphatic rings. The van der Waals surface area contributed by atoms with E-state index in [1.54, 1.807) is 0 Å². The number of carboxylic acids is 2. The van der Waals surface area contributed by atoms with E-state index in [0.29, 0.717) is 19.3 Å². The van der Waals surface area contributed by atoms with E-state index in [1.807, 2.05) is 0 Å². The summed E-state index contributed by atoms with van der Waals surface area (Å²) in [4.78, 5) is 18.2. The molecule has 0 radical (unpaired) electrons. The van der Waals surface area contributed by atoms with Crippen molar-refractivity contribution < 1.29 is 29.3 Å². The second kappa shape index (κ2) is 12.3. The summed E-state index contributed by atoms with van der Waals surface area (Å²) in [7, 11) is 0. The molecule has 142 valence electrons. The first kappa shape index (κ1) is 22.9. The van der Waals surface area contributed by atoms with Gasteiger partial charge in [0.1, 0.15) is 12.4 Å². The number of carboxylic acid groups (broad SMARTS) is 2. The molecule has 1 aromatic carbocycles. The van der Waals surface area contributed by atoms with Crippen LogP contribution < -0.4 is 10.1 Å². The minimum Gasteiger partial charge on any atom is -0.491 e. The molecule has 0 amide bonds. The Morgan fingerprint density at radius 2 is 1.52 bits per heavy atom. The zero-order valence-electron chi connectivity index (χ0n) is 15.6. The topological polar surface area (TPSA) is 105 Å². The van der Waals surface area contributed by atoms with Crippen LogP contribution in [0.3, 0.4) is 0 Å². The lowest BCUT2D eigenvalue weighted by atomic mass is 10.1. The molecule has 0 bridgehead atoms. The Morgan fingerprint density at radius 3 is 1.96 bits per heavy atom. The number of ether oxygens (including phenoxy) is 2. The Hall–Kier alpha value is -2.12. The third kappa shape index (κ3) is 11.1. The summed E-state index contributed by atoms with van der Waals surface area (Å²) in [5, 5.41) is 18.1. The van der Waals surface area contributed by atoms with Crippen LogP contribution >= 0.6 is 0 Å². The van der Waals surface area contributed by atoms with Crippen LogP contribution in [0.5, 0.6) is 5.75 Å². The summed E-state index contributed by atoms with van der Waals surface area (Å²) in [5.74, 6) is -2.65. The van der Waals surface area contributed by atoms with Gasteiger partial charge in [0.25, 0.3) is 0 Å². The average molecular weight is 355 g/mol. The van der Waals surface area contributed by atoms with E-state index in [4.69, 9.17) is 29.3 Å². The summed E-state index contributed by atoms with van der Waals surface area (Å²) >= 11 is 0.